The predicted octanol–water partition coefficient (Wildman–Crippen LogP) is 5.21. The molecule has 0 spiro atoms. The van der Waals surface area contributed by atoms with Crippen LogP contribution in [0.1, 0.15) is 12.0 Å². The number of hydrogen-bond acceptors (Lipinski definition) is 7. The van der Waals surface area contributed by atoms with Gasteiger partial charge in [0.25, 0.3) is 0 Å². The van der Waals surface area contributed by atoms with Gasteiger partial charge in [-0.05, 0) is 47.5 Å². The standard InChI is InChI=1S/C31H33N5O3/c1-39-29-13-9-25(10-14-29)26-21-32-31(33-22-26)36(27-5-3-2-4-6-27)28-11-7-24(8-12-28)23-35-19-17-34(18-20-35)16-15-30(37)38/h2-14,21-22H,15-20,23H2,1H3,(H,37,38). The number of para-hydroxylation sites is 1. The Morgan fingerprint density at radius 3 is 2.05 bits per heavy atom. The van der Waals surface area contributed by atoms with Crippen LogP contribution in [0.15, 0.2) is 91.3 Å². The number of aromatic nitrogens is 2. The average molecular weight is 524 g/mol. The van der Waals surface area contributed by atoms with Crippen molar-refractivity contribution >= 4 is 23.3 Å². The van der Waals surface area contributed by atoms with E-state index in [9.17, 15) is 4.79 Å². The molecule has 0 aliphatic carbocycles. The Bertz CT molecular complexity index is 1340. The number of carboxylic acid groups (broad SMARTS) is 1. The van der Waals surface area contributed by atoms with Gasteiger partial charge < -0.3 is 14.7 Å². The second-order valence-corrected chi connectivity index (χ2v) is 9.60. The predicted molar refractivity (Wildman–Crippen MR) is 153 cm³/mol. The summed E-state index contributed by atoms with van der Waals surface area (Å²) in [4.78, 5) is 27.0. The summed E-state index contributed by atoms with van der Waals surface area (Å²) in [6, 6.07) is 26.6. The third-order valence-electron chi connectivity index (χ3n) is 6.98. The number of rotatable bonds is 10. The molecule has 39 heavy (non-hydrogen) atoms. The van der Waals surface area contributed by atoms with E-state index in [1.54, 1.807) is 7.11 Å². The molecular formula is C31H33N5O3. The van der Waals surface area contributed by atoms with Crippen molar-refractivity contribution in [3.05, 3.63) is 96.8 Å². The molecule has 4 aromatic rings. The maximum absolute atomic E-state index is 10.8. The first kappa shape index (κ1) is 26.3. The summed E-state index contributed by atoms with van der Waals surface area (Å²) in [6.45, 7) is 5.16. The molecule has 0 atom stereocenters. The fraction of sp³-hybridized carbons (Fsp3) is 0.258. The van der Waals surface area contributed by atoms with Gasteiger partial charge in [0.1, 0.15) is 5.75 Å². The minimum atomic E-state index is -0.736. The average Bonchev–Trinajstić information content (AvgIpc) is 2.99. The number of carboxylic acids is 1. The molecule has 5 rings (SSSR count). The molecule has 2 heterocycles. The summed E-state index contributed by atoms with van der Waals surface area (Å²) in [7, 11) is 1.66. The van der Waals surface area contributed by atoms with E-state index >= 15 is 0 Å². The Morgan fingerprint density at radius 2 is 1.44 bits per heavy atom. The van der Waals surface area contributed by atoms with Gasteiger partial charge in [-0.15, -0.1) is 0 Å². The van der Waals surface area contributed by atoms with Crippen molar-refractivity contribution in [3.63, 3.8) is 0 Å². The highest BCUT2D eigenvalue weighted by atomic mass is 16.5. The molecule has 8 nitrogen and oxygen atoms in total. The van der Waals surface area contributed by atoms with Gasteiger partial charge >= 0.3 is 5.97 Å². The Labute approximate surface area is 229 Å². The van der Waals surface area contributed by atoms with E-state index in [0.717, 1.165) is 61.0 Å². The van der Waals surface area contributed by atoms with Crippen LogP contribution < -0.4 is 9.64 Å². The molecule has 1 aromatic heterocycles. The maximum Gasteiger partial charge on any atom is 0.304 e. The molecule has 0 saturated carbocycles. The van der Waals surface area contributed by atoms with Crippen LogP contribution in [0.4, 0.5) is 17.3 Å². The summed E-state index contributed by atoms with van der Waals surface area (Å²) in [6.07, 6.45) is 3.91. The van der Waals surface area contributed by atoms with Crippen molar-refractivity contribution in [1.82, 2.24) is 19.8 Å². The fourth-order valence-electron chi connectivity index (χ4n) is 4.76. The number of methoxy groups -OCH3 is 1. The molecule has 200 valence electrons. The first-order chi connectivity index (χ1) is 19.1. The first-order valence-electron chi connectivity index (χ1n) is 13.2. The lowest BCUT2D eigenvalue weighted by atomic mass is 10.1. The van der Waals surface area contributed by atoms with Crippen molar-refractivity contribution in [2.75, 3.05) is 44.7 Å². The van der Waals surface area contributed by atoms with Crippen LogP contribution in [0.3, 0.4) is 0 Å². The summed E-state index contributed by atoms with van der Waals surface area (Å²) < 4.78 is 5.26. The highest BCUT2D eigenvalue weighted by Crippen LogP contribution is 2.33. The smallest absolute Gasteiger partial charge is 0.304 e. The number of anilines is 3. The molecule has 1 aliphatic heterocycles. The van der Waals surface area contributed by atoms with Crippen LogP contribution in [0.2, 0.25) is 0 Å². The molecule has 8 heteroatoms. The van der Waals surface area contributed by atoms with Crippen LogP contribution in [0, 0.1) is 0 Å². The highest BCUT2D eigenvalue weighted by molar-refractivity contribution is 5.73. The second-order valence-electron chi connectivity index (χ2n) is 9.60. The summed E-state index contributed by atoms with van der Waals surface area (Å²) in [5.41, 5.74) is 5.18. The second kappa shape index (κ2) is 12.5. The molecule has 0 amide bonds. The van der Waals surface area contributed by atoms with Gasteiger partial charge in [0.05, 0.1) is 13.5 Å². The lowest BCUT2D eigenvalue weighted by Crippen LogP contribution is -2.46. The normalized spacial score (nSPS) is 14.2. The van der Waals surface area contributed by atoms with Crippen LogP contribution in [-0.2, 0) is 11.3 Å². The third kappa shape index (κ3) is 6.79. The zero-order valence-electron chi connectivity index (χ0n) is 22.1. The lowest BCUT2D eigenvalue weighted by molar-refractivity contribution is -0.137. The third-order valence-corrected chi connectivity index (χ3v) is 6.98. The van der Waals surface area contributed by atoms with E-state index in [0.29, 0.717) is 12.5 Å². The summed E-state index contributed by atoms with van der Waals surface area (Å²) in [5.74, 6) is 0.678. The van der Waals surface area contributed by atoms with Crippen LogP contribution in [0.5, 0.6) is 5.75 Å². The molecule has 0 unspecified atom stereocenters. The van der Waals surface area contributed by atoms with Crippen LogP contribution in [0.25, 0.3) is 11.1 Å². The zero-order chi connectivity index (χ0) is 27.0. The first-order valence-corrected chi connectivity index (χ1v) is 13.2. The number of ether oxygens (including phenoxy) is 1. The number of hydrogen-bond donors (Lipinski definition) is 1. The lowest BCUT2D eigenvalue weighted by Gasteiger charge is -2.34. The largest absolute Gasteiger partial charge is 0.497 e. The number of benzene rings is 3. The molecule has 1 saturated heterocycles. The van der Waals surface area contributed by atoms with Gasteiger partial charge in [0, 0.05) is 68.6 Å². The van der Waals surface area contributed by atoms with Gasteiger partial charge in [0.2, 0.25) is 5.95 Å². The minimum Gasteiger partial charge on any atom is -0.497 e. The van der Waals surface area contributed by atoms with Crippen molar-refractivity contribution in [1.29, 1.82) is 0 Å². The van der Waals surface area contributed by atoms with Crippen LogP contribution in [-0.4, -0.2) is 70.7 Å². The molecule has 1 N–H and O–H groups in total. The van der Waals surface area contributed by atoms with Crippen molar-refractivity contribution < 1.29 is 14.6 Å². The Balaban J connectivity index is 1.29. The molecule has 0 bridgehead atoms. The van der Waals surface area contributed by atoms with Gasteiger partial charge in [-0.1, -0.05) is 42.5 Å². The fourth-order valence-corrected chi connectivity index (χ4v) is 4.76. The number of nitrogens with zero attached hydrogens (tertiary/aromatic N) is 5. The van der Waals surface area contributed by atoms with Gasteiger partial charge in [-0.2, -0.15) is 0 Å². The topological polar surface area (TPSA) is 82.0 Å². The maximum atomic E-state index is 10.8. The SMILES string of the molecule is COc1ccc(-c2cnc(N(c3ccccc3)c3ccc(CN4CCN(CCC(=O)O)CC4)cc3)nc2)cc1. The van der Waals surface area contributed by atoms with E-state index in [1.807, 2.05) is 54.9 Å². The van der Waals surface area contributed by atoms with E-state index in [1.165, 1.54) is 5.56 Å². The molecule has 3 aromatic carbocycles. The summed E-state index contributed by atoms with van der Waals surface area (Å²) in [5, 5.41) is 8.92. The number of piperazine rings is 1. The zero-order valence-corrected chi connectivity index (χ0v) is 22.1. The van der Waals surface area contributed by atoms with Crippen LogP contribution >= 0.6 is 0 Å². The highest BCUT2D eigenvalue weighted by Gasteiger charge is 2.19. The Morgan fingerprint density at radius 1 is 0.821 bits per heavy atom. The Kier molecular flexibility index (Phi) is 8.45. The van der Waals surface area contributed by atoms with Gasteiger partial charge in [-0.3, -0.25) is 14.6 Å². The van der Waals surface area contributed by atoms with Gasteiger partial charge in [0.15, 0.2) is 0 Å². The molecule has 0 radical (unpaired) electrons. The quantitative estimate of drug-likeness (QED) is 0.303. The Hall–Kier alpha value is -4.27. The molecular weight excluding hydrogens is 490 g/mol. The van der Waals surface area contributed by atoms with E-state index in [4.69, 9.17) is 19.8 Å². The number of carbonyl (C=O) groups is 1. The number of aliphatic carboxylic acids is 1. The van der Waals surface area contributed by atoms with E-state index in [-0.39, 0.29) is 6.42 Å². The molecule has 1 fully saturated rings. The van der Waals surface area contributed by atoms with Crippen molar-refractivity contribution in [2.45, 2.75) is 13.0 Å². The van der Waals surface area contributed by atoms with E-state index < -0.39 is 5.97 Å². The summed E-state index contributed by atoms with van der Waals surface area (Å²) >= 11 is 0. The minimum absolute atomic E-state index is 0.202. The van der Waals surface area contributed by atoms with Crippen molar-refractivity contribution in [2.24, 2.45) is 0 Å². The van der Waals surface area contributed by atoms with E-state index in [2.05, 4.69) is 51.1 Å². The monoisotopic (exact) mass is 523 g/mol. The van der Waals surface area contributed by atoms with Crippen molar-refractivity contribution in [3.8, 4) is 16.9 Å². The molecule has 1 aliphatic rings. The van der Waals surface area contributed by atoms with Gasteiger partial charge in [-0.25, -0.2) is 9.97 Å².